The van der Waals surface area contributed by atoms with Crippen molar-refractivity contribution in [3.05, 3.63) is 28.7 Å². The van der Waals surface area contributed by atoms with Gasteiger partial charge in [-0.15, -0.1) is 0 Å². The Kier molecular flexibility index (Phi) is 2.85. The molecular formula is C12H10BrN3O3. The smallest absolute Gasteiger partial charge is 0.321 e. The van der Waals surface area contributed by atoms with Gasteiger partial charge in [-0.2, -0.15) is 4.98 Å². The van der Waals surface area contributed by atoms with Crippen molar-refractivity contribution < 1.29 is 14.1 Å². The number of rotatable bonds is 3. The molecule has 98 valence electrons. The molecule has 1 saturated carbocycles. The monoisotopic (exact) mass is 323 g/mol. The summed E-state index contributed by atoms with van der Waals surface area (Å²) in [5.74, 6) is 0.326. The predicted molar refractivity (Wildman–Crippen MR) is 68.2 cm³/mol. The minimum atomic E-state index is -0.749. The van der Waals surface area contributed by atoms with Gasteiger partial charge in [0, 0.05) is 10.7 Å². The van der Waals surface area contributed by atoms with E-state index in [2.05, 4.69) is 31.1 Å². The van der Waals surface area contributed by atoms with Crippen LogP contribution >= 0.6 is 15.9 Å². The molecule has 0 aliphatic heterocycles. The van der Waals surface area contributed by atoms with E-state index in [1.165, 1.54) is 7.11 Å². The predicted octanol–water partition coefficient (Wildman–Crippen LogP) is 2.10. The Balaban J connectivity index is 1.97. The highest BCUT2D eigenvalue weighted by molar-refractivity contribution is 9.10. The summed E-state index contributed by atoms with van der Waals surface area (Å²) in [6, 6.07) is 3.64. The second kappa shape index (κ2) is 4.41. The second-order valence-corrected chi connectivity index (χ2v) is 5.18. The third kappa shape index (κ3) is 1.94. The SMILES string of the molecule is COC(=O)C1(c2nc(-c3ncccc3Br)no2)CC1. The van der Waals surface area contributed by atoms with Crippen molar-refractivity contribution in [2.45, 2.75) is 18.3 Å². The van der Waals surface area contributed by atoms with Crippen molar-refractivity contribution in [1.82, 2.24) is 15.1 Å². The fraction of sp³-hybridized carbons (Fsp3) is 0.333. The molecule has 2 aromatic heterocycles. The molecule has 2 heterocycles. The van der Waals surface area contributed by atoms with Crippen molar-refractivity contribution in [1.29, 1.82) is 0 Å². The normalized spacial score (nSPS) is 16.1. The lowest BCUT2D eigenvalue weighted by Crippen LogP contribution is -2.22. The van der Waals surface area contributed by atoms with Crippen LogP contribution in [0, 0.1) is 0 Å². The average Bonchev–Trinajstić information content (AvgIpc) is 3.10. The van der Waals surface area contributed by atoms with Crippen molar-refractivity contribution in [2.24, 2.45) is 0 Å². The summed E-state index contributed by atoms with van der Waals surface area (Å²) in [5.41, 5.74) is -0.167. The van der Waals surface area contributed by atoms with Crippen molar-refractivity contribution in [3.63, 3.8) is 0 Å². The number of nitrogens with zero attached hydrogens (tertiary/aromatic N) is 3. The molecule has 0 atom stereocenters. The van der Waals surface area contributed by atoms with Crippen LogP contribution in [0.4, 0.5) is 0 Å². The summed E-state index contributed by atoms with van der Waals surface area (Å²) in [7, 11) is 1.36. The van der Waals surface area contributed by atoms with Crippen molar-refractivity contribution >= 4 is 21.9 Å². The van der Waals surface area contributed by atoms with Crippen LogP contribution in [-0.2, 0) is 14.9 Å². The van der Waals surface area contributed by atoms with Gasteiger partial charge in [0.1, 0.15) is 11.1 Å². The molecule has 0 bridgehead atoms. The number of carbonyl (C=O) groups excluding carboxylic acids is 1. The maximum absolute atomic E-state index is 11.7. The number of carbonyl (C=O) groups is 1. The van der Waals surface area contributed by atoms with Crippen LogP contribution in [0.15, 0.2) is 27.3 Å². The first kappa shape index (κ1) is 12.3. The number of hydrogen-bond acceptors (Lipinski definition) is 6. The fourth-order valence-electron chi connectivity index (χ4n) is 1.89. The van der Waals surface area contributed by atoms with Gasteiger partial charge in [0.05, 0.1) is 7.11 Å². The summed E-state index contributed by atoms with van der Waals surface area (Å²) in [6.07, 6.45) is 2.98. The number of pyridine rings is 1. The van der Waals surface area contributed by atoms with E-state index in [0.717, 1.165) is 4.47 Å². The molecule has 3 rings (SSSR count). The molecule has 2 aromatic rings. The van der Waals surface area contributed by atoms with Crippen LogP contribution in [0.1, 0.15) is 18.7 Å². The number of esters is 1. The summed E-state index contributed by atoms with van der Waals surface area (Å²) in [5, 5.41) is 3.88. The van der Waals surface area contributed by atoms with Crippen LogP contribution in [0.5, 0.6) is 0 Å². The summed E-state index contributed by atoms with van der Waals surface area (Å²) in [6.45, 7) is 0. The van der Waals surface area contributed by atoms with E-state index in [9.17, 15) is 4.79 Å². The van der Waals surface area contributed by atoms with E-state index in [4.69, 9.17) is 9.26 Å². The average molecular weight is 324 g/mol. The Labute approximate surface area is 117 Å². The van der Waals surface area contributed by atoms with Crippen LogP contribution in [-0.4, -0.2) is 28.2 Å². The zero-order valence-corrected chi connectivity index (χ0v) is 11.7. The highest BCUT2D eigenvalue weighted by atomic mass is 79.9. The van der Waals surface area contributed by atoms with E-state index in [1.807, 2.05) is 6.07 Å². The van der Waals surface area contributed by atoms with Gasteiger partial charge in [-0.3, -0.25) is 9.78 Å². The Morgan fingerprint density at radius 2 is 2.32 bits per heavy atom. The molecule has 0 spiro atoms. The lowest BCUT2D eigenvalue weighted by molar-refractivity contribution is -0.144. The molecule has 6 nitrogen and oxygen atoms in total. The maximum atomic E-state index is 11.7. The molecule has 19 heavy (non-hydrogen) atoms. The Morgan fingerprint density at radius 3 is 2.95 bits per heavy atom. The topological polar surface area (TPSA) is 78.1 Å². The van der Waals surface area contributed by atoms with Gasteiger partial charge >= 0.3 is 5.97 Å². The van der Waals surface area contributed by atoms with E-state index < -0.39 is 5.41 Å². The molecule has 1 aliphatic carbocycles. The van der Waals surface area contributed by atoms with Gasteiger partial charge < -0.3 is 9.26 Å². The van der Waals surface area contributed by atoms with Crippen LogP contribution in [0.3, 0.4) is 0 Å². The number of aromatic nitrogens is 3. The van der Waals surface area contributed by atoms with Gasteiger partial charge in [-0.1, -0.05) is 5.16 Å². The molecular weight excluding hydrogens is 314 g/mol. The molecule has 0 aromatic carbocycles. The number of methoxy groups -OCH3 is 1. The van der Waals surface area contributed by atoms with Gasteiger partial charge in [-0.05, 0) is 40.9 Å². The van der Waals surface area contributed by atoms with Gasteiger partial charge in [0.15, 0.2) is 0 Å². The molecule has 0 radical (unpaired) electrons. The van der Waals surface area contributed by atoms with Crippen LogP contribution < -0.4 is 0 Å². The standard InChI is InChI=1S/C12H10BrN3O3/c1-18-11(17)12(4-5-12)10-15-9(16-19-10)8-7(13)3-2-6-14-8/h2-3,6H,4-5H2,1H3. The largest absolute Gasteiger partial charge is 0.468 e. The highest BCUT2D eigenvalue weighted by Gasteiger charge is 2.57. The molecule has 1 aliphatic rings. The summed E-state index contributed by atoms with van der Waals surface area (Å²) >= 11 is 3.38. The number of hydrogen-bond donors (Lipinski definition) is 0. The quantitative estimate of drug-likeness (QED) is 0.805. The second-order valence-electron chi connectivity index (χ2n) is 4.33. The van der Waals surface area contributed by atoms with E-state index in [1.54, 1.807) is 12.3 Å². The third-order valence-corrected chi connectivity index (χ3v) is 3.77. The maximum Gasteiger partial charge on any atom is 0.321 e. The molecule has 0 unspecified atom stereocenters. The zero-order valence-electron chi connectivity index (χ0n) is 10.1. The van der Waals surface area contributed by atoms with E-state index in [-0.39, 0.29) is 5.97 Å². The first-order valence-corrected chi connectivity index (χ1v) is 6.50. The van der Waals surface area contributed by atoms with Crippen molar-refractivity contribution in [3.8, 4) is 11.5 Å². The van der Waals surface area contributed by atoms with Crippen molar-refractivity contribution in [2.75, 3.05) is 7.11 Å². The minimum Gasteiger partial charge on any atom is -0.468 e. The lowest BCUT2D eigenvalue weighted by Gasteiger charge is -2.05. The lowest BCUT2D eigenvalue weighted by atomic mass is 10.1. The molecule has 1 fully saturated rings. The molecule has 7 heteroatoms. The van der Waals surface area contributed by atoms with Crippen LogP contribution in [0.2, 0.25) is 0 Å². The molecule has 0 saturated heterocycles. The third-order valence-electron chi connectivity index (χ3n) is 3.13. The first-order valence-electron chi connectivity index (χ1n) is 5.71. The molecule has 0 N–H and O–H groups in total. The first-order chi connectivity index (χ1) is 9.17. The number of ether oxygens (including phenoxy) is 1. The summed E-state index contributed by atoms with van der Waals surface area (Å²) in [4.78, 5) is 20.2. The van der Waals surface area contributed by atoms with Crippen LogP contribution in [0.25, 0.3) is 11.5 Å². The molecule has 0 amide bonds. The Morgan fingerprint density at radius 1 is 1.53 bits per heavy atom. The minimum absolute atomic E-state index is 0.298. The number of halogens is 1. The highest BCUT2D eigenvalue weighted by Crippen LogP contribution is 2.48. The Hall–Kier alpha value is -1.76. The zero-order chi connectivity index (χ0) is 13.5. The summed E-state index contributed by atoms with van der Waals surface area (Å²) < 4.78 is 10.7. The fourth-order valence-corrected chi connectivity index (χ4v) is 2.32. The van der Waals surface area contributed by atoms with E-state index in [0.29, 0.717) is 30.3 Å². The Bertz CT molecular complexity index is 637. The van der Waals surface area contributed by atoms with Gasteiger partial charge in [0.25, 0.3) is 0 Å². The van der Waals surface area contributed by atoms with Gasteiger partial charge in [0.2, 0.25) is 11.7 Å². The van der Waals surface area contributed by atoms with E-state index >= 15 is 0 Å². The van der Waals surface area contributed by atoms with Gasteiger partial charge in [-0.25, -0.2) is 0 Å².